The second-order valence-electron chi connectivity index (χ2n) is 3.30. The molecule has 82 valence electrons. The summed E-state index contributed by atoms with van der Waals surface area (Å²) in [4.78, 5) is 10.0. The van der Waals surface area contributed by atoms with E-state index in [9.17, 15) is 15.2 Å². The number of benzene rings is 1. The molecule has 1 aromatic rings. The Morgan fingerprint density at radius 3 is 2.67 bits per heavy atom. The average Bonchev–Trinajstić information content (AvgIpc) is 2.05. The van der Waals surface area contributed by atoms with Crippen molar-refractivity contribution in [3.05, 3.63) is 33.9 Å². The molecule has 2 rings (SSSR count). The third-order valence-corrected chi connectivity index (χ3v) is 2.42. The van der Waals surface area contributed by atoms with Crippen LogP contribution >= 0.6 is 12.4 Å². The lowest BCUT2D eigenvalue weighted by atomic mass is 9.97. The van der Waals surface area contributed by atoms with Crippen LogP contribution in [-0.2, 0) is 0 Å². The lowest BCUT2D eigenvalue weighted by Crippen LogP contribution is -2.34. The van der Waals surface area contributed by atoms with Crippen LogP contribution in [0.1, 0.15) is 18.0 Å². The molecule has 5 nitrogen and oxygen atoms in total. The van der Waals surface area contributed by atoms with E-state index in [2.05, 4.69) is 5.32 Å². The second kappa shape index (κ2) is 4.46. The summed E-state index contributed by atoms with van der Waals surface area (Å²) < 4.78 is 0. The maximum atomic E-state index is 10.5. The van der Waals surface area contributed by atoms with Crippen LogP contribution in [0.15, 0.2) is 18.2 Å². The van der Waals surface area contributed by atoms with Gasteiger partial charge in [0.05, 0.1) is 4.92 Å². The SMILES string of the molecule is Cl.O=[N+]([O-])c1ccc(O)c([C@@H]2CCN2)c1. The fraction of sp³-hybridized carbons (Fsp3) is 0.333. The number of rotatable bonds is 2. The van der Waals surface area contributed by atoms with E-state index in [0.29, 0.717) is 5.56 Å². The van der Waals surface area contributed by atoms with Gasteiger partial charge in [-0.15, -0.1) is 12.4 Å². The number of aromatic hydroxyl groups is 1. The highest BCUT2D eigenvalue weighted by Gasteiger charge is 2.23. The third kappa shape index (κ3) is 2.19. The Hall–Kier alpha value is -1.33. The van der Waals surface area contributed by atoms with Gasteiger partial charge >= 0.3 is 0 Å². The summed E-state index contributed by atoms with van der Waals surface area (Å²) in [6, 6.07) is 4.16. The van der Waals surface area contributed by atoms with E-state index in [1.54, 1.807) is 0 Å². The molecule has 2 N–H and O–H groups in total. The van der Waals surface area contributed by atoms with E-state index >= 15 is 0 Å². The molecule has 1 aliphatic rings. The second-order valence-corrected chi connectivity index (χ2v) is 3.30. The van der Waals surface area contributed by atoms with E-state index in [1.165, 1.54) is 18.2 Å². The number of nitrogens with one attached hydrogen (secondary N) is 1. The fourth-order valence-electron chi connectivity index (χ4n) is 1.49. The van der Waals surface area contributed by atoms with Gasteiger partial charge in [0.25, 0.3) is 5.69 Å². The molecule has 1 fully saturated rings. The first-order chi connectivity index (χ1) is 6.68. The Balaban J connectivity index is 0.00000112. The number of hydrogen-bond donors (Lipinski definition) is 2. The van der Waals surface area contributed by atoms with Gasteiger partial charge in [-0.25, -0.2) is 0 Å². The Morgan fingerprint density at radius 2 is 2.20 bits per heavy atom. The van der Waals surface area contributed by atoms with Gasteiger partial charge in [-0.3, -0.25) is 10.1 Å². The largest absolute Gasteiger partial charge is 0.508 e. The Labute approximate surface area is 92.7 Å². The van der Waals surface area contributed by atoms with E-state index in [4.69, 9.17) is 0 Å². The molecule has 0 saturated carbocycles. The minimum Gasteiger partial charge on any atom is -0.508 e. The first kappa shape index (κ1) is 11.7. The minimum atomic E-state index is -0.457. The van der Waals surface area contributed by atoms with Gasteiger partial charge in [0.15, 0.2) is 0 Å². The zero-order chi connectivity index (χ0) is 10.1. The van der Waals surface area contributed by atoms with Crippen molar-refractivity contribution in [3.8, 4) is 5.75 Å². The molecule has 0 radical (unpaired) electrons. The van der Waals surface area contributed by atoms with Crippen molar-refractivity contribution < 1.29 is 10.0 Å². The first-order valence-corrected chi connectivity index (χ1v) is 4.39. The van der Waals surface area contributed by atoms with Gasteiger partial charge in [-0.2, -0.15) is 0 Å². The maximum absolute atomic E-state index is 10.5. The molecule has 1 aliphatic heterocycles. The van der Waals surface area contributed by atoms with Crippen LogP contribution in [0.4, 0.5) is 5.69 Å². The molecule has 1 saturated heterocycles. The molecule has 0 unspecified atom stereocenters. The van der Waals surface area contributed by atoms with Gasteiger partial charge < -0.3 is 10.4 Å². The third-order valence-electron chi connectivity index (χ3n) is 2.42. The van der Waals surface area contributed by atoms with Gasteiger partial charge in [-0.05, 0) is 19.0 Å². The zero-order valence-electron chi connectivity index (χ0n) is 7.84. The van der Waals surface area contributed by atoms with Crippen LogP contribution in [0.2, 0.25) is 0 Å². The molecule has 0 spiro atoms. The molecular weight excluding hydrogens is 220 g/mol. The van der Waals surface area contributed by atoms with Crippen molar-refractivity contribution in [2.45, 2.75) is 12.5 Å². The predicted molar refractivity (Wildman–Crippen MR) is 57.4 cm³/mol. The van der Waals surface area contributed by atoms with Crippen LogP contribution in [0.5, 0.6) is 5.75 Å². The smallest absolute Gasteiger partial charge is 0.270 e. The number of non-ortho nitro benzene ring substituents is 1. The quantitative estimate of drug-likeness (QED) is 0.600. The van der Waals surface area contributed by atoms with Crippen LogP contribution in [0.25, 0.3) is 0 Å². The molecule has 6 heteroatoms. The number of halogens is 1. The van der Waals surface area contributed by atoms with Gasteiger partial charge in [0, 0.05) is 23.7 Å². The molecule has 0 amide bonds. The molecule has 0 bridgehead atoms. The average molecular weight is 231 g/mol. The first-order valence-electron chi connectivity index (χ1n) is 4.39. The lowest BCUT2D eigenvalue weighted by molar-refractivity contribution is -0.385. The number of phenols is 1. The summed E-state index contributed by atoms with van der Waals surface area (Å²) in [5.74, 6) is 0.118. The Morgan fingerprint density at radius 1 is 1.53 bits per heavy atom. The highest BCUT2D eigenvalue weighted by Crippen LogP contribution is 2.32. The maximum Gasteiger partial charge on any atom is 0.270 e. The van der Waals surface area contributed by atoms with Gasteiger partial charge in [0.1, 0.15) is 5.75 Å². The normalized spacial score (nSPS) is 18.8. The Kier molecular flexibility index (Phi) is 3.49. The zero-order valence-corrected chi connectivity index (χ0v) is 8.66. The monoisotopic (exact) mass is 230 g/mol. The highest BCUT2D eigenvalue weighted by molar-refractivity contribution is 5.85. The number of phenolic OH excluding ortho intramolecular Hbond substituents is 1. The summed E-state index contributed by atoms with van der Waals surface area (Å²) in [7, 11) is 0. The summed E-state index contributed by atoms with van der Waals surface area (Å²) in [6.45, 7) is 0.896. The number of nitro benzene ring substituents is 1. The number of nitrogens with zero attached hydrogens (tertiary/aromatic N) is 1. The van der Waals surface area contributed by atoms with Crippen molar-refractivity contribution in [1.29, 1.82) is 0 Å². The molecule has 1 atom stereocenters. The molecule has 0 aliphatic carbocycles. The van der Waals surface area contributed by atoms with E-state index in [0.717, 1.165) is 13.0 Å². The Bertz CT molecular complexity index is 380. The summed E-state index contributed by atoms with van der Waals surface area (Å²) >= 11 is 0. The molecule has 15 heavy (non-hydrogen) atoms. The topological polar surface area (TPSA) is 75.4 Å². The molecule has 1 aromatic carbocycles. The van der Waals surface area contributed by atoms with E-state index in [-0.39, 0.29) is 29.9 Å². The van der Waals surface area contributed by atoms with Crippen LogP contribution in [-0.4, -0.2) is 16.6 Å². The van der Waals surface area contributed by atoms with E-state index < -0.39 is 4.92 Å². The molecule has 0 aromatic heterocycles. The van der Waals surface area contributed by atoms with Crippen molar-refractivity contribution in [2.75, 3.05) is 6.54 Å². The van der Waals surface area contributed by atoms with Gasteiger partial charge in [0.2, 0.25) is 0 Å². The van der Waals surface area contributed by atoms with Crippen molar-refractivity contribution in [3.63, 3.8) is 0 Å². The van der Waals surface area contributed by atoms with E-state index in [1.807, 2.05) is 0 Å². The lowest BCUT2D eigenvalue weighted by Gasteiger charge is -2.28. The van der Waals surface area contributed by atoms with Crippen LogP contribution < -0.4 is 5.32 Å². The van der Waals surface area contributed by atoms with Crippen LogP contribution in [0.3, 0.4) is 0 Å². The summed E-state index contributed by atoms with van der Waals surface area (Å²) in [5, 5.41) is 23.1. The number of hydrogen-bond acceptors (Lipinski definition) is 4. The molecular formula is C9H11ClN2O3. The van der Waals surface area contributed by atoms with Crippen molar-refractivity contribution in [1.82, 2.24) is 5.32 Å². The summed E-state index contributed by atoms with van der Waals surface area (Å²) in [6.07, 6.45) is 0.911. The standard InChI is InChI=1S/C9H10N2O3.ClH/c12-9-2-1-6(11(13)14)5-7(9)8-3-4-10-8;/h1-2,5,8,10,12H,3-4H2;1H/t8-;/m0./s1. The van der Waals surface area contributed by atoms with Gasteiger partial charge in [-0.1, -0.05) is 0 Å². The number of nitro groups is 1. The summed E-state index contributed by atoms with van der Waals surface area (Å²) in [5.41, 5.74) is 0.636. The molecule has 1 heterocycles. The highest BCUT2D eigenvalue weighted by atomic mass is 35.5. The van der Waals surface area contributed by atoms with Crippen LogP contribution in [0, 0.1) is 10.1 Å². The fourth-order valence-corrected chi connectivity index (χ4v) is 1.49. The van der Waals surface area contributed by atoms with Crippen molar-refractivity contribution >= 4 is 18.1 Å². The predicted octanol–water partition coefficient (Wildman–Crippen LogP) is 1.76. The minimum absolute atomic E-state index is 0. The van der Waals surface area contributed by atoms with Crippen molar-refractivity contribution in [2.24, 2.45) is 0 Å².